The number of nitrogens with zero attached hydrogens (tertiary/aromatic N) is 2. The minimum absolute atomic E-state index is 0.386. The topological polar surface area (TPSA) is 91.7 Å². The third-order valence-corrected chi connectivity index (χ3v) is 4.33. The lowest BCUT2D eigenvalue weighted by molar-refractivity contribution is -0.142. The smallest absolute Gasteiger partial charge is 0.331 e. The summed E-state index contributed by atoms with van der Waals surface area (Å²) in [5.74, 6) is 0.187. The van der Waals surface area contributed by atoms with E-state index < -0.39 is 11.9 Å². The number of esters is 1. The number of ether oxygens (including phenoxy) is 3. The van der Waals surface area contributed by atoms with Gasteiger partial charge in [0.25, 0.3) is 5.91 Å². The molecular weight excluding hydrogens is 362 g/mol. The molecule has 1 amide bonds. The van der Waals surface area contributed by atoms with Gasteiger partial charge in [0.05, 0.1) is 18.9 Å². The first-order chi connectivity index (χ1) is 13.4. The molecular formula is C20H23N3O5. The average Bonchev–Trinajstić information content (AvgIpc) is 2.82. The van der Waals surface area contributed by atoms with E-state index in [0.29, 0.717) is 30.4 Å². The summed E-state index contributed by atoms with van der Waals surface area (Å²) in [6.07, 6.45) is 3.73. The number of carbonyl (C=O) groups is 2. The number of hydrogen-bond acceptors (Lipinski definition) is 6. The first-order valence-corrected chi connectivity index (χ1v) is 8.98. The summed E-state index contributed by atoms with van der Waals surface area (Å²) in [6.45, 7) is 4.54. The van der Waals surface area contributed by atoms with E-state index in [0.717, 1.165) is 23.4 Å². The zero-order valence-electron chi connectivity index (χ0n) is 16.2. The Bertz CT molecular complexity index is 917. The molecule has 8 nitrogen and oxygen atoms in total. The van der Waals surface area contributed by atoms with Gasteiger partial charge in [0.1, 0.15) is 0 Å². The third kappa shape index (κ3) is 4.70. The van der Waals surface area contributed by atoms with Crippen molar-refractivity contribution >= 4 is 23.6 Å². The molecule has 0 saturated carbocycles. The van der Waals surface area contributed by atoms with E-state index in [1.807, 2.05) is 20.9 Å². The summed E-state index contributed by atoms with van der Waals surface area (Å²) < 4.78 is 17.9. The van der Waals surface area contributed by atoms with Crippen molar-refractivity contribution in [1.82, 2.24) is 9.78 Å². The molecule has 148 valence electrons. The molecule has 0 atom stereocenters. The van der Waals surface area contributed by atoms with E-state index in [9.17, 15) is 9.59 Å². The zero-order chi connectivity index (χ0) is 20.1. The largest absolute Gasteiger partial charge is 0.490 e. The van der Waals surface area contributed by atoms with Gasteiger partial charge in [0.15, 0.2) is 18.1 Å². The summed E-state index contributed by atoms with van der Waals surface area (Å²) >= 11 is 0. The van der Waals surface area contributed by atoms with Crippen LogP contribution in [0.3, 0.4) is 0 Å². The van der Waals surface area contributed by atoms with Gasteiger partial charge >= 0.3 is 5.97 Å². The van der Waals surface area contributed by atoms with Crippen molar-refractivity contribution in [2.24, 2.45) is 7.05 Å². The van der Waals surface area contributed by atoms with Crippen LogP contribution in [-0.2, 0) is 21.4 Å². The fourth-order valence-corrected chi connectivity index (χ4v) is 2.81. The Morgan fingerprint density at radius 2 is 2.00 bits per heavy atom. The molecule has 1 N–H and O–H groups in total. The Balaban J connectivity index is 1.52. The minimum Gasteiger partial charge on any atom is -0.490 e. The van der Waals surface area contributed by atoms with E-state index in [1.54, 1.807) is 29.0 Å². The second-order valence-corrected chi connectivity index (χ2v) is 6.41. The highest BCUT2D eigenvalue weighted by Crippen LogP contribution is 2.32. The summed E-state index contributed by atoms with van der Waals surface area (Å²) in [5.41, 5.74) is 3.16. The van der Waals surface area contributed by atoms with Gasteiger partial charge in [-0.05, 0) is 32.1 Å². The van der Waals surface area contributed by atoms with Gasteiger partial charge in [-0.1, -0.05) is 0 Å². The minimum atomic E-state index is -0.600. The number of hydrogen-bond donors (Lipinski definition) is 1. The maximum atomic E-state index is 12.0. The summed E-state index contributed by atoms with van der Waals surface area (Å²) in [5, 5.41) is 6.95. The lowest BCUT2D eigenvalue weighted by Gasteiger charge is -2.10. The molecule has 28 heavy (non-hydrogen) atoms. The molecule has 1 aromatic heterocycles. The van der Waals surface area contributed by atoms with Gasteiger partial charge < -0.3 is 19.5 Å². The molecule has 0 saturated heterocycles. The number of amides is 1. The number of anilines is 1. The Labute approximate surface area is 163 Å². The number of rotatable bonds is 5. The highest BCUT2D eigenvalue weighted by atomic mass is 16.5. The van der Waals surface area contributed by atoms with Crippen molar-refractivity contribution in [3.63, 3.8) is 0 Å². The van der Waals surface area contributed by atoms with Gasteiger partial charge in [-0.15, -0.1) is 0 Å². The monoisotopic (exact) mass is 385 g/mol. The second-order valence-electron chi connectivity index (χ2n) is 6.41. The molecule has 2 heterocycles. The summed E-state index contributed by atoms with van der Waals surface area (Å²) in [6, 6.07) is 5.14. The van der Waals surface area contributed by atoms with E-state index in [-0.39, 0.29) is 6.61 Å². The Hall–Kier alpha value is -3.29. The van der Waals surface area contributed by atoms with E-state index in [4.69, 9.17) is 14.2 Å². The van der Waals surface area contributed by atoms with E-state index >= 15 is 0 Å². The van der Waals surface area contributed by atoms with Crippen LogP contribution in [0.4, 0.5) is 5.69 Å². The van der Waals surface area contributed by atoms with E-state index in [1.165, 1.54) is 6.08 Å². The first kappa shape index (κ1) is 19.5. The van der Waals surface area contributed by atoms with Crippen LogP contribution in [0.15, 0.2) is 24.3 Å². The molecule has 8 heteroatoms. The van der Waals surface area contributed by atoms with Crippen LogP contribution >= 0.6 is 0 Å². The number of aryl methyl sites for hydroxylation is 2. The number of fused-ring (bicyclic) bond motifs is 1. The summed E-state index contributed by atoms with van der Waals surface area (Å²) in [7, 11) is 1.84. The van der Waals surface area contributed by atoms with Crippen molar-refractivity contribution in [2.45, 2.75) is 20.3 Å². The van der Waals surface area contributed by atoms with Gasteiger partial charge in [-0.2, -0.15) is 5.10 Å². The molecule has 0 fully saturated rings. The lowest BCUT2D eigenvalue weighted by atomic mass is 10.2. The molecule has 0 radical (unpaired) electrons. The molecule has 3 rings (SSSR count). The quantitative estimate of drug-likeness (QED) is 0.628. The fraction of sp³-hybridized carbons (Fsp3) is 0.350. The fourth-order valence-electron chi connectivity index (χ4n) is 2.81. The average molecular weight is 385 g/mol. The number of aromatic nitrogens is 2. The van der Waals surface area contributed by atoms with Crippen molar-refractivity contribution < 1.29 is 23.8 Å². The van der Waals surface area contributed by atoms with Crippen LogP contribution in [0, 0.1) is 13.8 Å². The van der Waals surface area contributed by atoms with Crippen LogP contribution < -0.4 is 14.8 Å². The van der Waals surface area contributed by atoms with Crippen LogP contribution in [0.1, 0.15) is 23.4 Å². The Morgan fingerprint density at radius 3 is 2.71 bits per heavy atom. The van der Waals surface area contributed by atoms with Crippen LogP contribution in [0.25, 0.3) is 6.08 Å². The normalized spacial score (nSPS) is 13.2. The second kappa shape index (κ2) is 8.60. The van der Waals surface area contributed by atoms with Crippen LogP contribution in [-0.4, -0.2) is 41.5 Å². The molecule has 0 bridgehead atoms. The predicted octanol–water partition coefficient (Wildman–Crippen LogP) is 2.39. The zero-order valence-corrected chi connectivity index (χ0v) is 16.2. The van der Waals surface area contributed by atoms with Gasteiger partial charge in [0.2, 0.25) is 0 Å². The third-order valence-electron chi connectivity index (χ3n) is 4.33. The Kier molecular flexibility index (Phi) is 5.98. The number of nitrogens with one attached hydrogen (secondary N) is 1. The van der Waals surface area contributed by atoms with Gasteiger partial charge in [0, 0.05) is 42.6 Å². The Morgan fingerprint density at radius 1 is 1.25 bits per heavy atom. The SMILES string of the molecule is Cc1nn(C)c(C)c1/C=C/C(=O)OCC(=O)Nc1ccc2c(c1)OCCCO2. The molecule has 1 aliphatic rings. The van der Waals surface area contributed by atoms with Crippen molar-refractivity contribution in [1.29, 1.82) is 0 Å². The highest BCUT2D eigenvalue weighted by molar-refractivity contribution is 5.95. The van der Waals surface area contributed by atoms with Gasteiger partial charge in [-0.3, -0.25) is 9.48 Å². The number of carbonyl (C=O) groups excluding carboxylic acids is 2. The molecule has 0 spiro atoms. The van der Waals surface area contributed by atoms with E-state index in [2.05, 4.69) is 10.4 Å². The standard InChI is InChI=1S/C20H23N3O5/c1-13-16(14(2)23(3)22-13)6-8-20(25)28-12-19(24)21-15-5-7-17-18(11-15)27-10-4-9-26-17/h5-8,11H,4,9-10,12H2,1-3H3,(H,21,24)/b8-6+. The highest BCUT2D eigenvalue weighted by Gasteiger charge is 2.13. The van der Waals surface area contributed by atoms with Crippen molar-refractivity contribution in [2.75, 3.05) is 25.1 Å². The molecule has 0 unspecified atom stereocenters. The first-order valence-electron chi connectivity index (χ1n) is 8.98. The molecule has 1 aromatic carbocycles. The lowest BCUT2D eigenvalue weighted by Crippen LogP contribution is -2.20. The predicted molar refractivity (Wildman–Crippen MR) is 103 cm³/mol. The molecule has 2 aromatic rings. The molecule has 0 aliphatic carbocycles. The van der Waals surface area contributed by atoms with Crippen molar-refractivity contribution in [3.8, 4) is 11.5 Å². The maximum absolute atomic E-state index is 12.0. The van der Waals surface area contributed by atoms with Crippen LogP contribution in [0.2, 0.25) is 0 Å². The number of benzene rings is 1. The maximum Gasteiger partial charge on any atom is 0.331 e. The summed E-state index contributed by atoms with van der Waals surface area (Å²) in [4.78, 5) is 23.9. The van der Waals surface area contributed by atoms with Crippen LogP contribution in [0.5, 0.6) is 11.5 Å². The molecule has 1 aliphatic heterocycles. The van der Waals surface area contributed by atoms with Crippen molar-refractivity contribution in [3.05, 3.63) is 41.2 Å². The van der Waals surface area contributed by atoms with Gasteiger partial charge in [-0.25, -0.2) is 4.79 Å².